The van der Waals surface area contributed by atoms with Gasteiger partial charge >= 0.3 is 0 Å². The quantitative estimate of drug-likeness (QED) is 0.537. The number of nitrogens with zero attached hydrogens (tertiary/aromatic N) is 6. The van der Waals surface area contributed by atoms with Crippen LogP contribution in [0.4, 0.5) is 24.8 Å². The highest BCUT2D eigenvalue weighted by atomic mass is 19.2. The maximum absolute atomic E-state index is 14.5. The number of rotatable bonds is 6. The number of piperazine rings is 2. The Morgan fingerprint density at radius 3 is 2.14 bits per heavy atom. The third kappa shape index (κ3) is 5.45. The third-order valence-corrected chi connectivity index (χ3v) is 7.26. The SMILES string of the molecule is COc1c(F)c(F)cc(C(=O)N2CCN(c3ccc(N4CCN(CC5CCCO5)CC4)nn3)CC2)c1F. The first-order valence-electron chi connectivity index (χ1n) is 12.6. The van der Waals surface area contributed by atoms with E-state index >= 15 is 0 Å². The minimum absolute atomic E-state index is 0.273. The van der Waals surface area contributed by atoms with Gasteiger partial charge in [0.15, 0.2) is 29.0 Å². The monoisotopic (exact) mass is 520 g/mol. The summed E-state index contributed by atoms with van der Waals surface area (Å²) in [5.74, 6) is -4.09. The van der Waals surface area contributed by atoms with Crippen LogP contribution < -0.4 is 14.5 Å². The van der Waals surface area contributed by atoms with Crippen LogP contribution in [-0.2, 0) is 4.74 Å². The lowest BCUT2D eigenvalue weighted by Gasteiger charge is -2.37. The number of hydrogen-bond donors (Lipinski definition) is 0. The van der Waals surface area contributed by atoms with E-state index in [2.05, 4.69) is 24.7 Å². The Bertz CT molecular complexity index is 1100. The Morgan fingerprint density at radius 2 is 1.59 bits per heavy atom. The molecule has 1 atom stereocenters. The van der Waals surface area contributed by atoms with Gasteiger partial charge in [0.2, 0.25) is 5.82 Å². The molecule has 0 radical (unpaired) electrons. The molecule has 0 N–H and O–H groups in total. The molecular formula is C25H31F3N6O3. The third-order valence-electron chi connectivity index (χ3n) is 7.26. The van der Waals surface area contributed by atoms with Gasteiger partial charge in [0.25, 0.3) is 5.91 Å². The van der Waals surface area contributed by atoms with Crippen LogP contribution in [0.5, 0.6) is 5.75 Å². The highest BCUT2D eigenvalue weighted by molar-refractivity contribution is 5.95. The lowest BCUT2D eigenvalue weighted by Crippen LogP contribution is -2.49. The van der Waals surface area contributed by atoms with E-state index in [1.807, 2.05) is 17.0 Å². The van der Waals surface area contributed by atoms with Crippen molar-refractivity contribution in [2.24, 2.45) is 0 Å². The number of amides is 1. The number of carbonyl (C=O) groups is 1. The Kier molecular flexibility index (Phi) is 7.65. The van der Waals surface area contributed by atoms with Gasteiger partial charge in [0.1, 0.15) is 0 Å². The molecule has 0 bridgehead atoms. The van der Waals surface area contributed by atoms with Crippen LogP contribution >= 0.6 is 0 Å². The highest BCUT2D eigenvalue weighted by Crippen LogP contribution is 2.28. The molecule has 3 aliphatic heterocycles. The lowest BCUT2D eigenvalue weighted by molar-refractivity contribution is 0.0712. The van der Waals surface area contributed by atoms with Gasteiger partial charge in [0, 0.05) is 65.5 Å². The summed E-state index contributed by atoms with van der Waals surface area (Å²) in [6.07, 6.45) is 2.66. The maximum Gasteiger partial charge on any atom is 0.257 e. The van der Waals surface area contributed by atoms with E-state index < -0.39 is 34.7 Å². The number of hydrogen-bond acceptors (Lipinski definition) is 8. The summed E-state index contributed by atoms with van der Waals surface area (Å²) in [4.78, 5) is 20.9. The number of aromatic nitrogens is 2. The van der Waals surface area contributed by atoms with Gasteiger partial charge in [-0.25, -0.2) is 8.78 Å². The predicted molar refractivity (Wildman–Crippen MR) is 131 cm³/mol. The van der Waals surface area contributed by atoms with Crippen LogP contribution in [0.15, 0.2) is 18.2 Å². The van der Waals surface area contributed by atoms with E-state index in [0.29, 0.717) is 31.1 Å². The smallest absolute Gasteiger partial charge is 0.257 e. The van der Waals surface area contributed by atoms with Crippen molar-refractivity contribution >= 4 is 17.5 Å². The van der Waals surface area contributed by atoms with Crippen molar-refractivity contribution in [1.82, 2.24) is 20.0 Å². The Labute approximate surface area is 213 Å². The van der Waals surface area contributed by atoms with Crippen molar-refractivity contribution in [1.29, 1.82) is 0 Å². The molecule has 1 unspecified atom stereocenters. The van der Waals surface area contributed by atoms with E-state index in [4.69, 9.17) is 4.74 Å². The average Bonchev–Trinajstić information content (AvgIpc) is 3.44. The van der Waals surface area contributed by atoms with E-state index in [9.17, 15) is 18.0 Å². The molecule has 3 saturated heterocycles. The number of carbonyl (C=O) groups excluding carboxylic acids is 1. The van der Waals surface area contributed by atoms with Gasteiger partial charge in [-0.3, -0.25) is 9.69 Å². The fourth-order valence-electron chi connectivity index (χ4n) is 5.12. The molecule has 12 heteroatoms. The molecule has 9 nitrogen and oxygen atoms in total. The number of ether oxygens (including phenoxy) is 2. The van der Waals surface area contributed by atoms with Gasteiger partial charge < -0.3 is 24.2 Å². The second-order valence-electron chi connectivity index (χ2n) is 9.52. The molecule has 37 heavy (non-hydrogen) atoms. The normalized spacial score (nSPS) is 21.0. The molecule has 5 rings (SSSR count). The maximum atomic E-state index is 14.5. The minimum Gasteiger partial charge on any atom is -0.491 e. The van der Waals surface area contributed by atoms with Crippen molar-refractivity contribution in [3.63, 3.8) is 0 Å². The number of benzene rings is 1. The van der Waals surface area contributed by atoms with E-state index in [1.165, 1.54) is 4.90 Å². The molecule has 3 aliphatic rings. The summed E-state index contributed by atoms with van der Waals surface area (Å²) in [5, 5.41) is 8.82. The molecule has 1 amide bonds. The van der Waals surface area contributed by atoms with Crippen LogP contribution in [0.1, 0.15) is 23.2 Å². The van der Waals surface area contributed by atoms with Crippen LogP contribution in [-0.4, -0.2) is 105 Å². The minimum atomic E-state index is -1.45. The van der Waals surface area contributed by atoms with Crippen LogP contribution in [0.25, 0.3) is 0 Å². The van der Waals surface area contributed by atoms with Gasteiger partial charge in [-0.1, -0.05) is 0 Å². The Morgan fingerprint density at radius 1 is 0.973 bits per heavy atom. The van der Waals surface area contributed by atoms with Gasteiger partial charge in [-0.15, -0.1) is 10.2 Å². The van der Waals surface area contributed by atoms with E-state index in [1.54, 1.807) is 0 Å². The summed E-state index contributed by atoms with van der Waals surface area (Å²) in [5.41, 5.74) is -0.552. The first-order chi connectivity index (χ1) is 17.9. The lowest BCUT2D eigenvalue weighted by atomic mass is 10.1. The number of anilines is 2. The molecule has 2 aromatic rings. The van der Waals surface area contributed by atoms with Crippen molar-refractivity contribution in [3.8, 4) is 5.75 Å². The topological polar surface area (TPSA) is 74.3 Å². The van der Waals surface area contributed by atoms with Crippen LogP contribution in [0, 0.1) is 17.5 Å². The molecule has 1 aromatic heterocycles. The Balaban J connectivity index is 1.14. The summed E-state index contributed by atoms with van der Waals surface area (Å²) >= 11 is 0. The van der Waals surface area contributed by atoms with Gasteiger partial charge in [-0.05, 0) is 31.0 Å². The Hall–Kier alpha value is -3.12. The van der Waals surface area contributed by atoms with Gasteiger partial charge in [-0.2, -0.15) is 4.39 Å². The highest BCUT2D eigenvalue weighted by Gasteiger charge is 2.29. The van der Waals surface area contributed by atoms with E-state index in [-0.39, 0.29) is 13.1 Å². The largest absolute Gasteiger partial charge is 0.491 e. The van der Waals surface area contributed by atoms with Crippen LogP contribution in [0.2, 0.25) is 0 Å². The molecular weight excluding hydrogens is 489 g/mol. The van der Waals surface area contributed by atoms with Gasteiger partial charge in [0.05, 0.1) is 18.8 Å². The second kappa shape index (κ2) is 11.1. The molecule has 0 saturated carbocycles. The van der Waals surface area contributed by atoms with Crippen molar-refractivity contribution < 1.29 is 27.4 Å². The summed E-state index contributed by atoms with van der Waals surface area (Å²) in [6.45, 7) is 7.00. The molecule has 1 aromatic carbocycles. The summed E-state index contributed by atoms with van der Waals surface area (Å²) in [7, 11) is 1.02. The van der Waals surface area contributed by atoms with Crippen molar-refractivity contribution in [3.05, 3.63) is 41.2 Å². The first-order valence-corrected chi connectivity index (χ1v) is 12.6. The molecule has 200 valence electrons. The first kappa shape index (κ1) is 25.5. The van der Waals surface area contributed by atoms with E-state index in [0.717, 1.165) is 65.1 Å². The zero-order chi connectivity index (χ0) is 25.9. The second-order valence-corrected chi connectivity index (χ2v) is 9.52. The number of methoxy groups -OCH3 is 1. The van der Waals surface area contributed by atoms with Crippen LogP contribution in [0.3, 0.4) is 0 Å². The average molecular weight is 521 g/mol. The number of halogens is 3. The zero-order valence-corrected chi connectivity index (χ0v) is 20.8. The fourth-order valence-corrected chi connectivity index (χ4v) is 5.12. The van der Waals surface area contributed by atoms with Crippen molar-refractivity contribution in [2.45, 2.75) is 18.9 Å². The molecule has 0 aliphatic carbocycles. The standard InChI is InChI=1S/C25H31F3N6O3/c1-36-24-22(27)18(15-19(26)23(24)28)25(35)34-12-10-33(11-13-34)21-5-4-20(29-30-21)32-8-6-31(7-9-32)16-17-3-2-14-37-17/h4-5,15,17H,2-3,6-14,16H2,1H3. The summed E-state index contributed by atoms with van der Waals surface area (Å²) in [6, 6.07) is 4.45. The van der Waals surface area contributed by atoms with Crippen molar-refractivity contribution in [2.75, 3.05) is 82.4 Å². The zero-order valence-electron chi connectivity index (χ0n) is 20.8. The summed E-state index contributed by atoms with van der Waals surface area (Å²) < 4.78 is 52.5. The molecule has 4 heterocycles. The molecule has 0 spiro atoms. The predicted octanol–water partition coefficient (Wildman–Crippen LogP) is 2.17. The fraction of sp³-hybridized carbons (Fsp3) is 0.560. The molecule has 3 fully saturated rings.